The molecule has 0 aromatic carbocycles. The van der Waals surface area contributed by atoms with Crippen molar-refractivity contribution in [3.63, 3.8) is 0 Å². The minimum Gasteiger partial charge on any atom is -0.396 e. The molecule has 0 aliphatic rings. The van der Waals surface area contributed by atoms with Crippen molar-refractivity contribution < 1.29 is 10.2 Å². The Bertz CT molecular complexity index is 115. The Morgan fingerprint density at radius 1 is 0.800 bits per heavy atom. The molecule has 2 N–H and O–H groups in total. The second-order valence-corrected chi connectivity index (χ2v) is 4.47. The molecule has 0 saturated heterocycles. The average molecular weight is 216 g/mol. The monoisotopic (exact) mass is 216 g/mol. The molecule has 0 aliphatic heterocycles. The molecule has 0 aromatic heterocycles. The maximum Gasteiger partial charge on any atom is 0.0459 e. The third-order valence-electron chi connectivity index (χ3n) is 2.98. The summed E-state index contributed by atoms with van der Waals surface area (Å²) in [6.45, 7) is 2.87. The Morgan fingerprint density at radius 2 is 1.40 bits per heavy atom. The lowest BCUT2D eigenvalue weighted by atomic mass is 9.97. The van der Waals surface area contributed by atoms with Gasteiger partial charge < -0.3 is 10.2 Å². The first-order chi connectivity index (χ1) is 7.35. The third kappa shape index (κ3) is 10.2. The fourth-order valence-electron chi connectivity index (χ4n) is 1.99. The normalized spacial score (nSPS) is 13.0. The number of hydrogen-bond acceptors (Lipinski definition) is 2. The molecule has 0 aromatic rings. The van der Waals surface area contributed by atoms with E-state index < -0.39 is 0 Å². The van der Waals surface area contributed by atoms with E-state index in [1.807, 2.05) is 0 Å². The molecule has 15 heavy (non-hydrogen) atoms. The zero-order valence-corrected chi connectivity index (χ0v) is 10.2. The van der Waals surface area contributed by atoms with Gasteiger partial charge in [-0.3, -0.25) is 0 Å². The van der Waals surface area contributed by atoms with Gasteiger partial charge in [-0.25, -0.2) is 0 Å². The standard InChI is InChI=1S/C13H28O2/c1-2-9-13(12-15)10-7-5-3-4-6-8-11-14/h13-15H,2-12H2,1H3. The summed E-state index contributed by atoms with van der Waals surface area (Å²) < 4.78 is 0. The SMILES string of the molecule is CCCC(CO)CCCCCCCCO. The van der Waals surface area contributed by atoms with E-state index in [0.29, 0.717) is 19.1 Å². The van der Waals surface area contributed by atoms with Crippen LogP contribution in [-0.4, -0.2) is 23.4 Å². The van der Waals surface area contributed by atoms with Gasteiger partial charge in [0, 0.05) is 13.2 Å². The first-order valence-corrected chi connectivity index (χ1v) is 6.56. The van der Waals surface area contributed by atoms with Crippen molar-refractivity contribution in [2.45, 2.75) is 64.7 Å². The maximum atomic E-state index is 9.10. The molecule has 0 heterocycles. The quantitative estimate of drug-likeness (QED) is 0.521. The molecule has 2 heteroatoms. The summed E-state index contributed by atoms with van der Waals surface area (Å²) in [5, 5.41) is 17.7. The summed E-state index contributed by atoms with van der Waals surface area (Å²) in [7, 11) is 0. The van der Waals surface area contributed by atoms with Crippen molar-refractivity contribution in [1.82, 2.24) is 0 Å². The number of unbranched alkanes of at least 4 members (excludes halogenated alkanes) is 5. The van der Waals surface area contributed by atoms with Gasteiger partial charge in [0.1, 0.15) is 0 Å². The topological polar surface area (TPSA) is 40.5 Å². The van der Waals surface area contributed by atoms with E-state index in [4.69, 9.17) is 10.2 Å². The Morgan fingerprint density at radius 3 is 1.93 bits per heavy atom. The summed E-state index contributed by atoms with van der Waals surface area (Å²) in [5.41, 5.74) is 0. The molecule has 0 fully saturated rings. The Labute approximate surface area is 94.7 Å². The van der Waals surface area contributed by atoms with Crippen LogP contribution in [0.15, 0.2) is 0 Å². The Kier molecular flexibility index (Phi) is 11.9. The maximum absolute atomic E-state index is 9.10. The van der Waals surface area contributed by atoms with Crippen LogP contribution < -0.4 is 0 Å². The van der Waals surface area contributed by atoms with E-state index >= 15 is 0 Å². The number of aliphatic hydroxyl groups is 2. The summed E-state index contributed by atoms with van der Waals surface area (Å²) >= 11 is 0. The fraction of sp³-hybridized carbons (Fsp3) is 1.00. The van der Waals surface area contributed by atoms with Crippen LogP contribution in [-0.2, 0) is 0 Å². The lowest BCUT2D eigenvalue weighted by Crippen LogP contribution is -2.05. The lowest BCUT2D eigenvalue weighted by Gasteiger charge is -2.12. The van der Waals surface area contributed by atoms with Gasteiger partial charge in [0.15, 0.2) is 0 Å². The predicted octanol–water partition coefficient (Wildman–Crippen LogP) is 3.12. The zero-order chi connectivity index (χ0) is 11.4. The minimum absolute atomic E-state index is 0.336. The van der Waals surface area contributed by atoms with Crippen LogP contribution in [0.4, 0.5) is 0 Å². The highest BCUT2D eigenvalue weighted by Crippen LogP contribution is 2.15. The van der Waals surface area contributed by atoms with Gasteiger partial charge in [0.05, 0.1) is 0 Å². The highest BCUT2D eigenvalue weighted by molar-refractivity contribution is 4.57. The van der Waals surface area contributed by atoms with Gasteiger partial charge in [-0.15, -0.1) is 0 Å². The molecule has 2 nitrogen and oxygen atoms in total. The molecule has 1 atom stereocenters. The second kappa shape index (κ2) is 12.0. The first kappa shape index (κ1) is 14.9. The van der Waals surface area contributed by atoms with Crippen molar-refractivity contribution in [2.24, 2.45) is 5.92 Å². The summed E-state index contributed by atoms with van der Waals surface area (Å²) in [5.74, 6) is 0.535. The first-order valence-electron chi connectivity index (χ1n) is 6.56. The number of hydrogen-bond donors (Lipinski definition) is 2. The Hall–Kier alpha value is -0.0800. The highest BCUT2D eigenvalue weighted by Gasteiger charge is 2.04. The van der Waals surface area contributed by atoms with Crippen LogP contribution in [0.25, 0.3) is 0 Å². The molecule has 1 unspecified atom stereocenters. The molecule has 92 valence electrons. The van der Waals surface area contributed by atoms with Crippen molar-refractivity contribution in [2.75, 3.05) is 13.2 Å². The molecule has 0 amide bonds. The molecule has 0 rings (SSSR count). The largest absolute Gasteiger partial charge is 0.396 e. The van der Waals surface area contributed by atoms with Crippen LogP contribution in [0.2, 0.25) is 0 Å². The molecule has 0 bridgehead atoms. The Balaban J connectivity index is 3.14. The van der Waals surface area contributed by atoms with Crippen molar-refractivity contribution in [1.29, 1.82) is 0 Å². The average Bonchev–Trinajstić information content (AvgIpc) is 2.26. The van der Waals surface area contributed by atoms with Crippen LogP contribution >= 0.6 is 0 Å². The molecule has 0 spiro atoms. The molecular formula is C13H28O2. The van der Waals surface area contributed by atoms with Gasteiger partial charge in [0.2, 0.25) is 0 Å². The van der Waals surface area contributed by atoms with Gasteiger partial charge in [-0.1, -0.05) is 45.4 Å². The smallest absolute Gasteiger partial charge is 0.0459 e. The number of aliphatic hydroxyl groups excluding tert-OH is 2. The molecule has 0 saturated carbocycles. The highest BCUT2D eigenvalue weighted by atomic mass is 16.3. The summed E-state index contributed by atoms with van der Waals surface area (Å²) in [4.78, 5) is 0. The van der Waals surface area contributed by atoms with Crippen molar-refractivity contribution in [3.8, 4) is 0 Å². The van der Waals surface area contributed by atoms with Gasteiger partial charge in [-0.05, 0) is 25.2 Å². The van der Waals surface area contributed by atoms with Crippen LogP contribution in [0.3, 0.4) is 0 Å². The molecule has 0 aliphatic carbocycles. The minimum atomic E-state index is 0.336. The van der Waals surface area contributed by atoms with Crippen LogP contribution in [0.1, 0.15) is 64.7 Å². The van der Waals surface area contributed by atoms with Crippen molar-refractivity contribution in [3.05, 3.63) is 0 Å². The summed E-state index contributed by atoms with van der Waals surface area (Å²) in [6, 6.07) is 0. The zero-order valence-electron chi connectivity index (χ0n) is 10.2. The van der Waals surface area contributed by atoms with E-state index in [9.17, 15) is 0 Å². The molecular weight excluding hydrogens is 188 g/mol. The van der Waals surface area contributed by atoms with Crippen LogP contribution in [0.5, 0.6) is 0 Å². The van der Waals surface area contributed by atoms with E-state index in [-0.39, 0.29) is 0 Å². The lowest BCUT2D eigenvalue weighted by molar-refractivity contribution is 0.206. The fourth-order valence-corrected chi connectivity index (χ4v) is 1.99. The second-order valence-electron chi connectivity index (χ2n) is 4.47. The van der Waals surface area contributed by atoms with Crippen molar-refractivity contribution >= 4 is 0 Å². The number of rotatable bonds is 11. The van der Waals surface area contributed by atoms with Gasteiger partial charge in [0.25, 0.3) is 0 Å². The van der Waals surface area contributed by atoms with Gasteiger partial charge in [-0.2, -0.15) is 0 Å². The van der Waals surface area contributed by atoms with E-state index in [0.717, 1.165) is 12.8 Å². The summed E-state index contributed by atoms with van der Waals surface area (Å²) in [6.07, 6.45) is 10.7. The predicted molar refractivity (Wildman–Crippen MR) is 64.9 cm³/mol. The van der Waals surface area contributed by atoms with E-state index in [1.165, 1.54) is 44.9 Å². The van der Waals surface area contributed by atoms with E-state index in [2.05, 4.69) is 6.92 Å². The third-order valence-corrected chi connectivity index (χ3v) is 2.98. The molecule has 0 radical (unpaired) electrons. The van der Waals surface area contributed by atoms with Crippen LogP contribution in [0, 0.1) is 5.92 Å². The van der Waals surface area contributed by atoms with Gasteiger partial charge >= 0.3 is 0 Å². The van der Waals surface area contributed by atoms with E-state index in [1.54, 1.807) is 0 Å².